The van der Waals surface area contributed by atoms with Gasteiger partial charge in [-0.3, -0.25) is 24.7 Å². The molecule has 10 nitrogen and oxygen atoms in total. The maximum absolute atomic E-state index is 12.4. The van der Waals surface area contributed by atoms with E-state index in [4.69, 9.17) is 27.9 Å². The molecule has 0 atom stereocenters. The lowest BCUT2D eigenvalue weighted by atomic mass is 10.2. The van der Waals surface area contributed by atoms with Crippen molar-refractivity contribution in [2.75, 3.05) is 12.4 Å². The minimum atomic E-state index is -0.789. The van der Waals surface area contributed by atoms with Crippen molar-refractivity contribution in [2.24, 2.45) is 0 Å². The second-order valence-corrected chi connectivity index (χ2v) is 7.11. The Morgan fingerprint density at radius 1 is 1.43 bits per heavy atom. The third-order valence-corrected chi connectivity index (χ3v) is 4.91. The highest BCUT2D eigenvalue weighted by atomic mass is 79.9. The lowest BCUT2D eigenvalue weighted by Crippen LogP contribution is -2.15. The Morgan fingerprint density at radius 3 is 2.82 bits per heavy atom. The van der Waals surface area contributed by atoms with Crippen LogP contribution in [0.25, 0.3) is 0 Å². The second kappa shape index (κ2) is 8.17. The number of benzene rings is 1. The van der Waals surface area contributed by atoms with Gasteiger partial charge in [0, 0.05) is 6.20 Å². The molecule has 2 aromatic heterocycles. The molecule has 0 saturated heterocycles. The smallest absolute Gasteiger partial charge is 0.362 e. The van der Waals surface area contributed by atoms with E-state index in [1.807, 2.05) is 0 Å². The van der Waals surface area contributed by atoms with E-state index >= 15 is 0 Å². The van der Waals surface area contributed by atoms with E-state index in [0.717, 1.165) is 5.56 Å². The first kappa shape index (κ1) is 20.1. The maximum atomic E-state index is 12.4. The standard InChI is InChI=1S/C15H11BrCl2N6O4/c1-28-15-12(24(26)27)11(20-21-15)14(25)19-13-8(16)6-23(22-13)5-7-2-3-9(17)10(18)4-7/h2-4,6H,5H2,1H3,(H,20,21)(H,19,22,25). The van der Waals surface area contributed by atoms with Crippen molar-refractivity contribution in [1.82, 2.24) is 20.0 Å². The van der Waals surface area contributed by atoms with Crippen LogP contribution in [0.3, 0.4) is 0 Å². The average Bonchev–Trinajstić information content (AvgIpc) is 3.22. The van der Waals surface area contributed by atoms with Gasteiger partial charge in [0.05, 0.1) is 33.1 Å². The number of aromatic nitrogens is 4. The number of anilines is 1. The summed E-state index contributed by atoms with van der Waals surface area (Å²) in [5.74, 6) is -0.907. The fraction of sp³-hybridized carbons (Fsp3) is 0.133. The van der Waals surface area contributed by atoms with Gasteiger partial charge in [0.2, 0.25) is 5.69 Å². The molecule has 0 bridgehead atoms. The van der Waals surface area contributed by atoms with Crippen molar-refractivity contribution in [3.8, 4) is 5.88 Å². The van der Waals surface area contributed by atoms with Gasteiger partial charge in [-0.25, -0.2) is 0 Å². The van der Waals surface area contributed by atoms with Crippen molar-refractivity contribution in [2.45, 2.75) is 6.54 Å². The van der Waals surface area contributed by atoms with Gasteiger partial charge in [0.1, 0.15) is 0 Å². The van der Waals surface area contributed by atoms with Crippen LogP contribution in [0.4, 0.5) is 11.5 Å². The SMILES string of the molecule is COc1n[nH]c(C(=O)Nc2nn(Cc3ccc(Cl)c(Cl)c3)cc2Br)c1[N+](=O)[O-]. The van der Waals surface area contributed by atoms with Crippen LogP contribution in [-0.4, -0.2) is 37.9 Å². The quantitative estimate of drug-likeness (QED) is 0.399. The highest BCUT2D eigenvalue weighted by Crippen LogP contribution is 2.29. The molecule has 0 radical (unpaired) electrons. The molecular weight excluding hydrogens is 479 g/mol. The van der Waals surface area contributed by atoms with Crippen LogP contribution >= 0.6 is 39.1 Å². The van der Waals surface area contributed by atoms with E-state index in [1.165, 1.54) is 7.11 Å². The largest absolute Gasteiger partial charge is 0.475 e. The molecule has 2 N–H and O–H groups in total. The van der Waals surface area contributed by atoms with Crippen LogP contribution < -0.4 is 10.1 Å². The summed E-state index contributed by atoms with van der Waals surface area (Å²) in [6.07, 6.45) is 1.64. The minimum absolute atomic E-state index is 0.174. The number of hydrogen-bond acceptors (Lipinski definition) is 6. The number of rotatable bonds is 6. The summed E-state index contributed by atoms with van der Waals surface area (Å²) >= 11 is 15.2. The Kier molecular flexibility index (Phi) is 5.87. The Balaban J connectivity index is 1.80. The van der Waals surface area contributed by atoms with E-state index in [0.29, 0.717) is 21.1 Å². The molecule has 146 valence electrons. The fourth-order valence-corrected chi connectivity index (χ4v) is 3.08. The van der Waals surface area contributed by atoms with Crippen LogP contribution in [0.15, 0.2) is 28.9 Å². The van der Waals surface area contributed by atoms with Crippen molar-refractivity contribution in [3.05, 3.63) is 60.3 Å². The first-order valence-corrected chi connectivity index (χ1v) is 9.10. The number of carbonyl (C=O) groups is 1. The molecule has 28 heavy (non-hydrogen) atoms. The van der Waals surface area contributed by atoms with Crippen LogP contribution in [0.2, 0.25) is 10.0 Å². The molecule has 0 aliphatic rings. The lowest BCUT2D eigenvalue weighted by Gasteiger charge is -2.04. The molecule has 0 aliphatic heterocycles. The van der Waals surface area contributed by atoms with E-state index in [-0.39, 0.29) is 17.4 Å². The van der Waals surface area contributed by atoms with Gasteiger partial charge in [0.25, 0.3) is 5.91 Å². The van der Waals surface area contributed by atoms with Gasteiger partial charge < -0.3 is 10.1 Å². The monoisotopic (exact) mass is 488 g/mol. The Hall–Kier alpha value is -2.63. The van der Waals surface area contributed by atoms with E-state index < -0.39 is 16.5 Å². The van der Waals surface area contributed by atoms with Gasteiger partial charge in [-0.15, -0.1) is 5.10 Å². The number of H-pyrrole nitrogens is 1. The number of halogens is 3. The molecule has 2 heterocycles. The summed E-state index contributed by atoms with van der Waals surface area (Å²) in [5.41, 5.74) is -0.0737. The van der Waals surface area contributed by atoms with Crippen LogP contribution in [0, 0.1) is 10.1 Å². The van der Waals surface area contributed by atoms with Gasteiger partial charge in [-0.05, 0) is 33.6 Å². The first-order valence-electron chi connectivity index (χ1n) is 7.55. The summed E-state index contributed by atoms with van der Waals surface area (Å²) in [6, 6.07) is 5.17. The maximum Gasteiger partial charge on any atom is 0.362 e. The Morgan fingerprint density at radius 2 is 2.18 bits per heavy atom. The van der Waals surface area contributed by atoms with Gasteiger partial charge in [0.15, 0.2) is 5.82 Å². The summed E-state index contributed by atoms with van der Waals surface area (Å²) < 4.78 is 6.82. The summed E-state index contributed by atoms with van der Waals surface area (Å²) in [6.45, 7) is 0.364. The summed E-state index contributed by atoms with van der Waals surface area (Å²) in [5, 5.41) is 24.7. The summed E-state index contributed by atoms with van der Waals surface area (Å²) in [7, 11) is 1.21. The zero-order valence-corrected chi connectivity index (χ0v) is 17.2. The molecule has 0 fully saturated rings. The molecule has 0 saturated carbocycles. The zero-order chi connectivity index (χ0) is 20.4. The topological polar surface area (TPSA) is 128 Å². The first-order chi connectivity index (χ1) is 13.3. The van der Waals surface area contributed by atoms with Gasteiger partial charge in [-0.2, -0.15) is 5.10 Å². The molecule has 1 amide bonds. The normalized spacial score (nSPS) is 10.7. The molecule has 13 heteroatoms. The van der Waals surface area contributed by atoms with E-state index in [9.17, 15) is 14.9 Å². The van der Waals surface area contributed by atoms with Crippen molar-refractivity contribution < 1.29 is 14.5 Å². The molecule has 3 aromatic rings. The van der Waals surface area contributed by atoms with Crippen LogP contribution in [0.1, 0.15) is 16.1 Å². The van der Waals surface area contributed by atoms with Crippen molar-refractivity contribution in [1.29, 1.82) is 0 Å². The third-order valence-electron chi connectivity index (χ3n) is 3.59. The highest BCUT2D eigenvalue weighted by Gasteiger charge is 2.30. The molecular formula is C15H11BrCl2N6O4. The van der Waals surface area contributed by atoms with E-state index in [1.54, 1.807) is 29.1 Å². The van der Waals surface area contributed by atoms with Crippen LogP contribution in [0.5, 0.6) is 5.88 Å². The number of nitrogens with zero attached hydrogens (tertiary/aromatic N) is 4. The number of methoxy groups -OCH3 is 1. The molecule has 0 spiro atoms. The van der Waals surface area contributed by atoms with Crippen molar-refractivity contribution in [3.63, 3.8) is 0 Å². The van der Waals surface area contributed by atoms with Crippen molar-refractivity contribution >= 4 is 56.5 Å². The third kappa shape index (κ3) is 4.11. The zero-order valence-electron chi connectivity index (χ0n) is 14.1. The fourth-order valence-electron chi connectivity index (χ4n) is 2.35. The highest BCUT2D eigenvalue weighted by molar-refractivity contribution is 9.10. The predicted octanol–water partition coefficient (Wildman–Crippen LogP) is 3.89. The number of amides is 1. The average molecular weight is 490 g/mol. The lowest BCUT2D eigenvalue weighted by molar-refractivity contribution is -0.386. The second-order valence-electron chi connectivity index (χ2n) is 5.44. The Labute approximate surface area is 176 Å². The number of hydrogen-bond donors (Lipinski definition) is 2. The molecule has 0 aliphatic carbocycles. The number of aromatic amines is 1. The van der Waals surface area contributed by atoms with E-state index in [2.05, 4.69) is 36.5 Å². The minimum Gasteiger partial charge on any atom is -0.475 e. The molecule has 3 rings (SSSR count). The number of ether oxygens (including phenoxy) is 1. The number of carbonyl (C=O) groups excluding carboxylic acids is 1. The number of nitro groups is 1. The van der Waals surface area contributed by atoms with Crippen LogP contribution in [-0.2, 0) is 6.54 Å². The number of nitrogens with one attached hydrogen (secondary N) is 2. The Bertz CT molecular complexity index is 1070. The molecule has 0 unspecified atom stereocenters. The van der Waals surface area contributed by atoms with Gasteiger partial charge >= 0.3 is 11.6 Å². The summed E-state index contributed by atoms with van der Waals surface area (Å²) in [4.78, 5) is 22.9. The predicted molar refractivity (Wildman–Crippen MR) is 105 cm³/mol. The molecule has 1 aromatic carbocycles. The van der Waals surface area contributed by atoms with Gasteiger partial charge in [-0.1, -0.05) is 29.3 Å².